The molecule has 58 heteroatoms. The third-order valence-electron chi connectivity index (χ3n) is 5.36. The van der Waals surface area contributed by atoms with Crippen LogP contribution in [0.15, 0.2) is 64.1 Å². The smallest absolute Gasteiger partial charge is 0.341 e. The standard InChI is InChI=1S/C20H10Br4O10S2.42W/c21-15-13-14(16(22)18(24)17(15)23)20(34-19(13)27,7-1-3-9(25)11(5-7)35(28,29)30)8-2-4-10(26)12(6-8)36(31,32)33;;;;;;;;;;;;;;;;;;;;;;;;;;;;;;;;;;;;;;;;;;/h1-6,25-26H,(H,28,29,30)(H,31,32,33);;;;;;;;;;;;;;;;;;;;;;;;;;;;;;;;;;;;;;;;;;. The summed E-state index contributed by atoms with van der Waals surface area (Å²) in [6, 6.07) is 5.97. The summed E-state index contributed by atoms with van der Waals surface area (Å²) in [5.74, 6) is -2.52. The van der Waals surface area contributed by atoms with Crippen LogP contribution >= 0.6 is 63.7 Å². The Morgan fingerprint density at radius 3 is 0.718 bits per heavy atom. The number of benzene rings is 3. The molecule has 0 unspecified atom stereocenters. The second-order valence-corrected chi connectivity index (χ2v) is 13.3. The first-order chi connectivity index (χ1) is 16.5. The Labute approximate surface area is 1090 Å². The normalized spacial score (nSPS) is 6.92. The largest absolute Gasteiger partial charge is 0.506 e. The zero-order valence-corrected chi connectivity index (χ0v) is 165. The molecule has 0 saturated heterocycles. The van der Waals surface area contributed by atoms with Gasteiger partial charge in [0.2, 0.25) is 0 Å². The van der Waals surface area contributed by atoms with Crippen LogP contribution in [0.3, 0.4) is 0 Å². The van der Waals surface area contributed by atoms with Crippen LogP contribution < -0.4 is 0 Å². The van der Waals surface area contributed by atoms with Crippen molar-refractivity contribution < 1.29 is 930 Å². The summed E-state index contributed by atoms with van der Waals surface area (Å²) in [6.45, 7) is 0. The number of hydrogen-bond acceptors (Lipinski definition) is 8. The molecule has 4 N–H and O–H groups in total. The van der Waals surface area contributed by atoms with E-state index in [0.29, 0.717) is 8.95 Å². The molecular weight excluding hydrogens is 8510 g/mol. The van der Waals surface area contributed by atoms with Crippen molar-refractivity contribution in [3.05, 3.63) is 76.5 Å². The van der Waals surface area contributed by atoms with E-state index in [-0.39, 0.29) is 916 Å². The molecule has 0 radical (unpaired) electrons. The molecule has 4 rings (SSSR count). The van der Waals surface area contributed by atoms with Crippen molar-refractivity contribution in [1.82, 2.24) is 0 Å². The first-order valence-corrected chi connectivity index (χ1v) is 15.3. The molecule has 1 aliphatic heterocycles. The molecule has 0 amide bonds. The average Bonchev–Trinajstić information content (AvgIpc) is 3.09. The molecule has 1 aliphatic rings. The molecule has 0 atom stereocenters. The Morgan fingerprint density at radius 2 is 0.526 bits per heavy atom. The summed E-state index contributed by atoms with van der Waals surface area (Å²) in [4.78, 5) is 11.4. The Kier molecular flexibility index (Phi) is 446. The second-order valence-electron chi connectivity index (χ2n) is 7.39. The Balaban J connectivity index is -0.00000000979. The molecule has 0 aliphatic carbocycles. The van der Waals surface area contributed by atoms with E-state index in [4.69, 9.17) is 4.74 Å². The van der Waals surface area contributed by atoms with Crippen LogP contribution in [0.5, 0.6) is 11.5 Å². The van der Waals surface area contributed by atoms with Crippen molar-refractivity contribution in [2.45, 2.75) is 15.4 Å². The van der Waals surface area contributed by atoms with Crippen molar-refractivity contribution >= 4 is 89.9 Å². The van der Waals surface area contributed by atoms with Crippen LogP contribution in [0.1, 0.15) is 27.0 Å². The number of cyclic esters (lactones) is 1. The molecule has 0 spiro atoms. The topological polar surface area (TPSA) is 176 Å². The van der Waals surface area contributed by atoms with Gasteiger partial charge in [-0.1, -0.05) is 12.1 Å². The zero-order chi connectivity index (χ0) is 27.0. The molecule has 3 aromatic rings. The van der Waals surface area contributed by atoms with Gasteiger partial charge in [-0.3, -0.25) is 9.11 Å². The Bertz CT molecular complexity index is 1700. The SMILES string of the molecule is O=C1OC(c2ccc(O)c(S(=O)(=O)O)c2)(c2ccc(O)c(S(=O)(=O)O)c2)c2c(Br)c(Br)c(Br)c(Br)c21.[W].[W].[W].[W].[W].[W].[W].[W].[W].[W].[W].[W].[W].[W].[W].[W].[W].[W].[W].[W].[W].[W].[W].[W].[W].[W].[W].[W].[W].[W].[W].[W].[W].[W].[W].[W].[W].[W].[W].[W].[W].[W]. The summed E-state index contributed by atoms with van der Waals surface area (Å²) >= 11 is 13.4. The van der Waals surface area contributed by atoms with Gasteiger partial charge in [-0.2, -0.15) is 16.8 Å². The third kappa shape index (κ3) is 80.0. The van der Waals surface area contributed by atoms with Crippen molar-refractivity contribution in [3.8, 4) is 11.5 Å². The van der Waals surface area contributed by atoms with E-state index in [2.05, 4.69) is 63.7 Å². The molecule has 442 valence electrons. The van der Waals surface area contributed by atoms with Crippen molar-refractivity contribution in [3.63, 3.8) is 0 Å². The summed E-state index contributed by atoms with van der Waals surface area (Å²) in [7, 11) is -9.92. The van der Waals surface area contributed by atoms with Crippen LogP contribution in [-0.2, 0) is 915 Å². The van der Waals surface area contributed by atoms with Crippen LogP contribution in [0.4, 0.5) is 0 Å². The summed E-state index contributed by atoms with van der Waals surface area (Å²) < 4.78 is 74.1. The van der Waals surface area contributed by atoms with Gasteiger partial charge in [-0.15, -0.1) is 0 Å². The maximum Gasteiger partial charge on any atom is 0.341 e. The first kappa shape index (κ1) is 261. The molecule has 3 aromatic carbocycles. The average molecular weight is 8520 g/mol. The molecule has 0 bridgehead atoms. The molecule has 0 fully saturated rings. The summed E-state index contributed by atoms with van der Waals surface area (Å²) in [5, 5.41) is 20.1. The van der Waals surface area contributed by atoms with Crippen molar-refractivity contribution in [2.24, 2.45) is 0 Å². The van der Waals surface area contributed by atoms with Crippen LogP contribution in [0.2, 0.25) is 0 Å². The molecule has 78 heavy (non-hydrogen) atoms. The van der Waals surface area contributed by atoms with Crippen molar-refractivity contribution in [2.75, 3.05) is 0 Å². The number of phenolic OH excluding ortho intramolecular Hbond substituents is 2. The fraction of sp³-hybridized carbons (Fsp3) is 0.0500. The van der Waals surface area contributed by atoms with Crippen LogP contribution in [-0.4, -0.2) is 42.1 Å². The fourth-order valence-electron chi connectivity index (χ4n) is 3.85. The van der Waals surface area contributed by atoms with Crippen LogP contribution in [0.25, 0.3) is 0 Å². The third-order valence-corrected chi connectivity index (χ3v) is 11.9. The second kappa shape index (κ2) is 134. The van der Waals surface area contributed by atoms with Gasteiger partial charge in [0.1, 0.15) is 21.3 Å². The quantitative estimate of drug-likeness (QED) is 0.121. The fourth-order valence-corrected chi connectivity index (χ4v) is 7.62. The van der Waals surface area contributed by atoms with E-state index in [9.17, 15) is 40.9 Å². The van der Waals surface area contributed by atoms with Gasteiger partial charge in [0, 0.05) is 919 Å². The van der Waals surface area contributed by atoms with Gasteiger partial charge in [-0.25, -0.2) is 4.79 Å². The first-order valence-electron chi connectivity index (χ1n) is 9.23. The van der Waals surface area contributed by atoms with Crippen LogP contribution in [0, 0.1) is 0 Å². The number of esters is 1. The number of carbonyl (C=O) groups is 1. The number of aromatic hydroxyl groups is 2. The van der Waals surface area contributed by atoms with E-state index in [1.54, 1.807) is 0 Å². The predicted molar refractivity (Wildman–Crippen MR) is 138 cm³/mol. The number of carbonyl (C=O) groups excluding carboxylic acids is 1. The molecule has 0 aromatic heterocycles. The van der Waals surface area contributed by atoms with Gasteiger partial charge >= 0.3 is 5.97 Å². The summed E-state index contributed by atoms with van der Waals surface area (Å²) in [5.41, 5.74) is -2.31. The van der Waals surface area contributed by atoms with Gasteiger partial charge in [0.25, 0.3) is 20.2 Å². The van der Waals surface area contributed by atoms with Gasteiger partial charge < -0.3 is 14.9 Å². The number of fused-ring (bicyclic) bond motifs is 1. The van der Waals surface area contributed by atoms with E-state index in [0.717, 1.165) is 24.3 Å². The van der Waals surface area contributed by atoms with Crippen molar-refractivity contribution in [1.29, 1.82) is 0 Å². The minimum atomic E-state index is -4.96. The molecular formula is C20H10Br4O10S2W42. The number of hydrogen-bond donors (Lipinski definition) is 4. The Morgan fingerprint density at radius 1 is 0.333 bits per heavy atom. The number of rotatable bonds is 4. The minimum Gasteiger partial charge on any atom is -0.506 e. The predicted octanol–water partition coefficient (Wildman–Crippen LogP) is 5.00. The molecule has 1 heterocycles. The number of phenols is 2. The maximum absolute atomic E-state index is 13.2. The number of ether oxygens (including phenoxy) is 1. The molecule has 10 nitrogen and oxygen atoms in total. The Hall–Kier alpha value is 27.4. The van der Waals surface area contributed by atoms with Gasteiger partial charge in [-0.05, 0) is 88.0 Å². The minimum absolute atomic E-state index is 0. The van der Waals surface area contributed by atoms with Gasteiger partial charge in [0.05, 0.1) is 5.56 Å². The number of halogens is 4. The van der Waals surface area contributed by atoms with E-state index in [1.165, 1.54) is 12.1 Å². The molecule has 0 saturated carbocycles. The van der Waals surface area contributed by atoms with E-state index >= 15 is 0 Å². The summed E-state index contributed by atoms with van der Waals surface area (Å²) in [6.07, 6.45) is 0. The van der Waals surface area contributed by atoms with E-state index < -0.39 is 53.1 Å². The van der Waals surface area contributed by atoms with Gasteiger partial charge in [0.15, 0.2) is 5.60 Å². The zero-order valence-electron chi connectivity index (χ0n) is 34.2. The monoisotopic (exact) mass is 8520 g/mol. The van der Waals surface area contributed by atoms with E-state index in [1.807, 2.05) is 0 Å². The maximum atomic E-state index is 13.2.